The first-order valence-corrected chi connectivity index (χ1v) is 7.04. The molecule has 0 N–H and O–H groups in total. The van der Waals surface area contributed by atoms with Gasteiger partial charge >= 0.3 is 0 Å². The quantitative estimate of drug-likeness (QED) is 0.846. The van der Waals surface area contributed by atoms with Crippen LogP contribution in [-0.2, 0) is 5.92 Å². The number of aryl methyl sites for hydroxylation is 3. The van der Waals surface area contributed by atoms with Crippen LogP contribution in [0.1, 0.15) is 35.0 Å². The second kappa shape index (κ2) is 5.43. The highest BCUT2D eigenvalue weighted by Gasteiger charge is 2.31. The number of aromatic nitrogens is 3. The summed E-state index contributed by atoms with van der Waals surface area (Å²) in [6.45, 7) is 7.01. The molecule has 118 valence electrons. The number of hydrogen-bond acceptors (Lipinski definition) is 3. The van der Waals surface area contributed by atoms with Gasteiger partial charge in [-0.05, 0) is 39.3 Å². The zero-order chi connectivity index (χ0) is 16.8. The summed E-state index contributed by atoms with van der Waals surface area (Å²) >= 11 is 5.99. The summed E-state index contributed by atoms with van der Waals surface area (Å²) in [7, 11) is 0. The molecule has 0 atom stereocenters. The SMILES string of the molecule is Cc1cc(Cl)c(C)nc1-n1nc(C)c(C(C)(F)F)c(C)c1=O. The van der Waals surface area contributed by atoms with E-state index >= 15 is 0 Å². The Morgan fingerprint density at radius 2 is 1.77 bits per heavy atom. The number of halogens is 3. The van der Waals surface area contributed by atoms with Gasteiger partial charge in [-0.3, -0.25) is 4.79 Å². The van der Waals surface area contributed by atoms with Crippen molar-refractivity contribution >= 4 is 11.6 Å². The molecule has 0 fully saturated rings. The minimum Gasteiger partial charge on any atom is -0.267 e. The number of rotatable bonds is 2. The van der Waals surface area contributed by atoms with Gasteiger partial charge < -0.3 is 0 Å². The summed E-state index contributed by atoms with van der Waals surface area (Å²) in [5.41, 5.74) is 0.292. The van der Waals surface area contributed by atoms with Gasteiger partial charge in [0.1, 0.15) is 0 Å². The van der Waals surface area contributed by atoms with Crippen molar-refractivity contribution in [1.82, 2.24) is 14.8 Å². The Bertz CT molecular complexity index is 810. The van der Waals surface area contributed by atoms with Gasteiger partial charge in [0.05, 0.1) is 22.0 Å². The third kappa shape index (κ3) is 2.75. The standard InChI is InChI=1S/C15H16ClF2N3O/c1-7-6-11(16)9(3)19-13(7)21-14(22)8(2)12(10(4)20-21)15(5,17)18/h6H,1-5H3. The summed E-state index contributed by atoms with van der Waals surface area (Å²) in [6.07, 6.45) is 0. The van der Waals surface area contributed by atoms with Gasteiger partial charge in [-0.2, -0.15) is 9.78 Å². The topological polar surface area (TPSA) is 47.8 Å². The molecule has 22 heavy (non-hydrogen) atoms. The summed E-state index contributed by atoms with van der Waals surface area (Å²) in [5.74, 6) is -2.83. The van der Waals surface area contributed by atoms with E-state index in [2.05, 4.69) is 10.1 Å². The molecule has 0 aliphatic heterocycles. The summed E-state index contributed by atoms with van der Waals surface area (Å²) in [5, 5.41) is 4.49. The molecule has 0 aromatic carbocycles. The monoisotopic (exact) mass is 327 g/mol. The van der Waals surface area contributed by atoms with E-state index in [4.69, 9.17) is 11.6 Å². The van der Waals surface area contributed by atoms with E-state index < -0.39 is 11.5 Å². The maximum absolute atomic E-state index is 13.7. The molecule has 7 heteroatoms. The van der Waals surface area contributed by atoms with E-state index in [1.807, 2.05) is 0 Å². The fraction of sp³-hybridized carbons (Fsp3) is 0.400. The number of hydrogen-bond donors (Lipinski definition) is 0. The molecule has 0 saturated carbocycles. The van der Waals surface area contributed by atoms with Crippen molar-refractivity contribution in [3.05, 3.63) is 49.5 Å². The zero-order valence-electron chi connectivity index (χ0n) is 13.0. The summed E-state index contributed by atoms with van der Waals surface area (Å²) in [6, 6.07) is 1.67. The van der Waals surface area contributed by atoms with Crippen LogP contribution >= 0.6 is 11.6 Å². The molecular formula is C15H16ClF2N3O. The number of nitrogens with zero attached hydrogens (tertiary/aromatic N) is 3. The van der Waals surface area contributed by atoms with Crippen LogP contribution in [0.5, 0.6) is 0 Å². The van der Waals surface area contributed by atoms with Crippen LogP contribution in [0.3, 0.4) is 0 Å². The van der Waals surface area contributed by atoms with Crippen LogP contribution in [0.15, 0.2) is 10.9 Å². The number of pyridine rings is 1. The molecule has 2 aromatic rings. The first kappa shape index (κ1) is 16.5. The number of alkyl halides is 2. The lowest BCUT2D eigenvalue weighted by Gasteiger charge is -2.18. The average molecular weight is 328 g/mol. The molecule has 0 spiro atoms. The van der Waals surface area contributed by atoms with Gasteiger partial charge in [-0.25, -0.2) is 13.8 Å². The predicted octanol–water partition coefficient (Wildman–Crippen LogP) is 3.63. The average Bonchev–Trinajstić information content (AvgIpc) is 2.37. The third-order valence-corrected chi connectivity index (χ3v) is 3.84. The van der Waals surface area contributed by atoms with Gasteiger partial charge in [0.2, 0.25) is 0 Å². The molecule has 0 bridgehead atoms. The zero-order valence-corrected chi connectivity index (χ0v) is 13.7. The minimum atomic E-state index is -3.13. The van der Waals surface area contributed by atoms with Crippen LogP contribution in [-0.4, -0.2) is 14.8 Å². The van der Waals surface area contributed by atoms with Crippen molar-refractivity contribution in [2.75, 3.05) is 0 Å². The first-order chi connectivity index (χ1) is 10.0. The van der Waals surface area contributed by atoms with Gasteiger partial charge in [0.25, 0.3) is 11.5 Å². The molecule has 2 rings (SSSR count). The van der Waals surface area contributed by atoms with Crippen molar-refractivity contribution in [1.29, 1.82) is 0 Å². The summed E-state index contributed by atoms with van der Waals surface area (Å²) < 4.78 is 28.4. The van der Waals surface area contributed by atoms with Crippen molar-refractivity contribution in [3.8, 4) is 5.82 Å². The fourth-order valence-corrected chi connectivity index (χ4v) is 2.65. The van der Waals surface area contributed by atoms with E-state index in [9.17, 15) is 13.6 Å². The van der Waals surface area contributed by atoms with Gasteiger partial charge in [0.15, 0.2) is 5.82 Å². The first-order valence-electron chi connectivity index (χ1n) is 6.67. The lowest BCUT2D eigenvalue weighted by Crippen LogP contribution is -2.30. The van der Waals surface area contributed by atoms with Gasteiger partial charge in [0, 0.05) is 12.5 Å². The van der Waals surface area contributed by atoms with E-state index in [-0.39, 0.29) is 16.8 Å². The molecule has 0 aliphatic carbocycles. The van der Waals surface area contributed by atoms with Crippen molar-refractivity contribution < 1.29 is 8.78 Å². The molecule has 0 amide bonds. The van der Waals surface area contributed by atoms with Crippen molar-refractivity contribution in [2.45, 2.75) is 40.5 Å². The highest BCUT2D eigenvalue weighted by atomic mass is 35.5. The van der Waals surface area contributed by atoms with E-state index in [1.54, 1.807) is 19.9 Å². The highest BCUT2D eigenvalue weighted by Crippen LogP contribution is 2.30. The second-order valence-electron chi connectivity index (χ2n) is 5.39. The smallest absolute Gasteiger partial charge is 0.267 e. The van der Waals surface area contributed by atoms with Gasteiger partial charge in [-0.1, -0.05) is 11.6 Å². The normalized spacial score (nSPS) is 11.8. The molecule has 0 aliphatic rings. The Morgan fingerprint density at radius 1 is 1.18 bits per heavy atom. The Hall–Kier alpha value is -1.82. The van der Waals surface area contributed by atoms with Crippen LogP contribution in [0.25, 0.3) is 5.82 Å². The molecular weight excluding hydrogens is 312 g/mol. The lowest BCUT2D eigenvalue weighted by molar-refractivity contribution is 0.0153. The molecule has 0 radical (unpaired) electrons. The van der Waals surface area contributed by atoms with Crippen LogP contribution in [0, 0.1) is 27.7 Å². The van der Waals surface area contributed by atoms with Crippen LogP contribution in [0.4, 0.5) is 8.78 Å². The largest absolute Gasteiger partial charge is 0.276 e. The van der Waals surface area contributed by atoms with Crippen molar-refractivity contribution in [2.24, 2.45) is 0 Å². The second-order valence-corrected chi connectivity index (χ2v) is 5.79. The Labute approximate surface area is 131 Å². The maximum Gasteiger partial charge on any atom is 0.276 e. The molecule has 0 saturated heterocycles. The van der Waals surface area contributed by atoms with Crippen LogP contribution < -0.4 is 5.56 Å². The molecule has 4 nitrogen and oxygen atoms in total. The van der Waals surface area contributed by atoms with E-state index in [0.717, 1.165) is 11.6 Å². The molecule has 2 heterocycles. The van der Waals surface area contributed by atoms with E-state index in [0.29, 0.717) is 22.1 Å². The Kier molecular flexibility index (Phi) is 4.08. The van der Waals surface area contributed by atoms with Gasteiger partial charge in [-0.15, -0.1) is 0 Å². The Balaban J connectivity index is 2.80. The van der Waals surface area contributed by atoms with Crippen LogP contribution in [0.2, 0.25) is 5.02 Å². The highest BCUT2D eigenvalue weighted by molar-refractivity contribution is 6.31. The molecule has 0 unspecified atom stereocenters. The lowest BCUT2D eigenvalue weighted by atomic mass is 10.0. The minimum absolute atomic E-state index is 0.0335. The third-order valence-electron chi connectivity index (χ3n) is 3.45. The maximum atomic E-state index is 13.7. The molecule has 2 aromatic heterocycles. The van der Waals surface area contributed by atoms with E-state index in [1.165, 1.54) is 13.8 Å². The summed E-state index contributed by atoms with van der Waals surface area (Å²) in [4.78, 5) is 16.7. The predicted molar refractivity (Wildman–Crippen MR) is 81.2 cm³/mol. The fourth-order valence-electron chi connectivity index (χ4n) is 2.45. The Morgan fingerprint density at radius 3 is 2.32 bits per heavy atom. The van der Waals surface area contributed by atoms with Crippen molar-refractivity contribution in [3.63, 3.8) is 0 Å².